The molecule has 0 unspecified atom stereocenters. The van der Waals surface area contributed by atoms with E-state index >= 15 is 0 Å². The van der Waals surface area contributed by atoms with Crippen molar-refractivity contribution in [1.82, 2.24) is 0 Å². The Morgan fingerprint density at radius 1 is 1.12 bits per heavy atom. The van der Waals surface area contributed by atoms with Crippen LogP contribution in [-0.4, -0.2) is 25.4 Å². The first-order chi connectivity index (χ1) is 12.0. The van der Waals surface area contributed by atoms with E-state index in [9.17, 15) is 9.59 Å². The monoisotopic (exact) mass is 405 g/mol. The number of hydrogen-bond acceptors (Lipinski definition) is 4. The zero-order chi connectivity index (χ0) is 18.4. The van der Waals surface area contributed by atoms with E-state index < -0.39 is 0 Å². The number of anilines is 1. The van der Waals surface area contributed by atoms with Crippen molar-refractivity contribution in [3.8, 4) is 11.5 Å². The highest BCUT2D eigenvalue weighted by Crippen LogP contribution is 2.28. The second-order valence-electron chi connectivity index (χ2n) is 5.44. The van der Waals surface area contributed by atoms with E-state index in [2.05, 4.69) is 21.2 Å². The second-order valence-corrected chi connectivity index (χ2v) is 6.29. The number of nitrogens with one attached hydrogen (secondary N) is 1. The Balaban J connectivity index is 2.05. The molecule has 2 aromatic rings. The predicted molar refractivity (Wildman–Crippen MR) is 101 cm³/mol. The lowest BCUT2D eigenvalue weighted by atomic mass is 10.1. The van der Waals surface area contributed by atoms with Crippen molar-refractivity contribution in [2.24, 2.45) is 0 Å². The van der Waals surface area contributed by atoms with Crippen LogP contribution in [0.15, 0.2) is 34.8 Å². The molecule has 0 aliphatic heterocycles. The van der Waals surface area contributed by atoms with Crippen LogP contribution in [0.5, 0.6) is 11.5 Å². The van der Waals surface area contributed by atoms with E-state index in [0.717, 1.165) is 27.6 Å². The minimum Gasteiger partial charge on any atom is -0.490 e. The Morgan fingerprint density at radius 3 is 2.56 bits per heavy atom. The van der Waals surface area contributed by atoms with Gasteiger partial charge >= 0.3 is 0 Å². The maximum absolute atomic E-state index is 12.2. The fourth-order valence-electron chi connectivity index (χ4n) is 2.24. The third-order valence-corrected chi connectivity index (χ3v) is 4.62. The Bertz CT molecular complexity index is 789. The number of halogens is 1. The molecule has 132 valence electrons. The molecule has 0 aromatic heterocycles. The van der Waals surface area contributed by atoms with E-state index in [1.165, 1.54) is 0 Å². The molecule has 0 aliphatic carbocycles. The molecule has 0 fully saturated rings. The maximum Gasteiger partial charge on any atom is 0.262 e. The van der Waals surface area contributed by atoms with Gasteiger partial charge in [-0.1, -0.05) is 15.9 Å². The van der Waals surface area contributed by atoms with Crippen LogP contribution in [0.2, 0.25) is 0 Å². The molecule has 0 aliphatic rings. The molecular formula is C19H20BrNO4. The Kier molecular flexibility index (Phi) is 6.58. The van der Waals surface area contributed by atoms with Crippen LogP contribution < -0.4 is 14.8 Å². The van der Waals surface area contributed by atoms with Crippen molar-refractivity contribution in [1.29, 1.82) is 0 Å². The van der Waals surface area contributed by atoms with Crippen molar-refractivity contribution in [2.45, 2.75) is 20.8 Å². The second kappa shape index (κ2) is 8.67. The summed E-state index contributed by atoms with van der Waals surface area (Å²) < 4.78 is 12.0. The van der Waals surface area contributed by atoms with Crippen molar-refractivity contribution < 1.29 is 19.1 Å². The summed E-state index contributed by atoms with van der Waals surface area (Å²) in [4.78, 5) is 23.0. The van der Waals surface area contributed by atoms with Crippen molar-refractivity contribution in [3.63, 3.8) is 0 Å². The normalized spacial score (nSPS) is 10.2. The molecule has 0 atom stereocenters. The first-order valence-corrected chi connectivity index (χ1v) is 8.66. The number of benzene rings is 2. The van der Waals surface area contributed by atoms with Crippen LogP contribution in [0, 0.1) is 13.8 Å². The summed E-state index contributed by atoms with van der Waals surface area (Å²) in [7, 11) is 0. The average Bonchev–Trinajstić information content (AvgIpc) is 2.61. The highest BCUT2D eigenvalue weighted by Gasteiger charge is 2.11. The number of aldehydes is 1. The summed E-state index contributed by atoms with van der Waals surface area (Å²) in [6.45, 7) is 6.04. The first kappa shape index (κ1) is 19.0. The van der Waals surface area contributed by atoms with Crippen LogP contribution in [0.25, 0.3) is 0 Å². The molecule has 2 rings (SSSR count). The van der Waals surface area contributed by atoms with Gasteiger partial charge in [0.15, 0.2) is 18.1 Å². The molecule has 0 saturated heterocycles. The third kappa shape index (κ3) is 4.82. The Morgan fingerprint density at radius 2 is 1.88 bits per heavy atom. The highest BCUT2D eigenvalue weighted by molar-refractivity contribution is 9.10. The van der Waals surface area contributed by atoms with Gasteiger partial charge in [-0.05, 0) is 62.2 Å². The maximum atomic E-state index is 12.2. The highest BCUT2D eigenvalue weighted by atomic mass is 79.9. The van der Waals surface area contributed by atoms with E-state index in [1.54, 1.807) is 18.2 Å². The molecule has 6 heteroatoms. The van der Waals surface area contributed by atoms with Crippen molar-refractivity contribution in [2.75, 3.05) is 18.5 Å². The SMILES string of the molecule is CCOc1cc(C=O)ccc1OCC(=O)Nc1ccc(Br)c(C)c1C. The summed E-state index contributed by atoms with van der Waals surface area (Å²) in [6.07, 6.45) is 0.734. The standard InChI is InChI=1S/C19H20BrNO4/c1-4-24-18-9-14(10-22)5-8-17(18)25-11-19(23)21-16-7-6-15(20)12(2)13(16)3/h5-10H,4,11H2,1-3H3,(H,21,23). The van der Waals surface area contributed by atoms with Gasteiger partial charge in [-0.2, -0.15) is 0 Å². The number of amides is 1. The molecule has 1 amide bonds. The number of carbonyl (C=O) groups is 2. The van der Waals surface area contributed by atoms with Gasteiger partial charge < -0.3 is 14.8 Å². The largest absolute Gasteiger partial charge is 0.490 e. The van der Waals surface area contributed by atoms with Crippen LogP contribution >= 0.6 is 15.9 Å². The van der Waals surface area contributed by atoms with Gasteiger partial charge in [-0.3, -0.25) is 9.59 Å². The summed E-state index contributed by atoms with van der Waals surface area (Å²) in [5.41, 5.74) is 3.30. The van der Waals surface area contributed by atoms with Gasteiger partial charge in [-0.15, -0.1) is 0 Å². The number of ether oxygens (including phenoxy) is 2. The molecule has 0 heterocycles. The number of carbonyl (C=O) groups excluding carboxylic acids is 2. The zero-order valence-electron chi connectivity index (χ0n) is 14.4. The smallest absolute Gasteiger partial charge is 0.262 e. The Labute approximate surface area is 155 Å². The predicted octanol–water partition coefficient (Wildman–Crippen LogP) is 4.29. The summed E-state index contributed by atoms with van der Waals surface area (Å²) in [5, 5.41) is 2.84. The van der Waals surface area contributed by atoms with Crippen molar-refractivity contribution >= 4 is 33.8 Å². The van der Waals surface area contributed by atoms with E-state index in [-0.39, 0.29) is 12.5 Å². The Hall–Kier alpha value is -2.34. The summed E-state index contributed by atoms with van der Waals surface area (Å²) in [5.74, 6) is 0.591. The van der Waals surface area contributed by atoms with Gasteiger partial charge in [0, 0.05) is 15.7 Å². The van der Waals surface area contributed by atoms with E-state index in [1.807, 2.05) is 32.9 Å². The lowest BCUT2D eigenvalue weighted by Gasteiger charge is -2.14. The van der Waals surface area contributed by atoms with E-state index in [0.29, 0.717) is 23.7 Å². The lowest BCUT2D eigenvalue weighted by molar-refractivity contribution is -0.118. The van der Waals surface area contributed by atoms with Gasteiger partial charge in [0.2, 0.25) is 0 Å². The topological polar surface area (TPSA) is 64.6 Å². The molecule has 0 spiro atoms. The zero-order valence-corrected chi connectivity index (χ0v) is 16.0. The summed E-state index contributed by atoms with van der Waals surface area (Å²) >= 11 is 3.47. The quantitative estimate of drug-likeness (QED) is 0.697. The molecule has 25 heavy (non-hydrogen) atoms. The molecule has 1 N–H and O–H groups in total. The molecule has 5 nitrogen and oxygen atoms in total. The molecule has 0 bridgehead atoms. The molecule has 2 aromatic carbocycles. The van der Waals surface area contributed by atoms with Gasteiger partial charge in [-0.25, -0.2) is 0 Å². The minimum absolute atomic E-state index is 0.158. The van der Waals surface area contributed by atoms with Crippen LogP contribution in [-0.2, 0) is 4.79 Å². The van der Waals surface area contributed by atoms with Crippen LogP contribution in [0.3, 0.4) is 0 Å². The summed E-state index contributed by atoms with van der Waals surface area (Å²) in [6, 6.07) is 8.56. The fourth-order valence-corrected chi connectivity index (χ4v) is 2.67. The van der Waals surface area contributed by atoms with Gasteiger partial charge in [0.1, 0.15) is 6.29 Å². The van der Waals surface area contributed by atoms with Crippen LogP contribution in [0.1, 0.15) is 28.4 Å². The van der Waals surface area contributed by atoms with Gasteiger partial charge in [0.25, 0.3) is 5.91 Å². The lowest BCUT2D eigenvalue weighted by Crippen LogP contribution is -2.21. The molecular weight excluding hydrogens is 386 g/mol. The van der Waals surface area contributed by atoms with Gasteiger partial charge in [0.05, 0.1) is 6.61 Å². The third-order valence-electron chi connectivity index (χ3n) is 3.76. The average molecular weight is 406 g/mol. The number of hydrogen-bond donors (Lipinski definition) is 1. The molecule has 0 radical (unpaired) electrons. The number of rotatable bonds is 7. The molecule has 0 saturated carbocycles. The first-order valence-electron chi connectivity index (χ1n) is 7.86. The van der Waals surface area contributed by atoms with Crippen LogP contribution in [0.4, 0.5) is 5.69 Å². The van der Waals surface area contributed by atoms with E-state index in [4.69, 9.17) is 9.47 Å². The minimum atomic E-state index is -0.272. The van der Waals surface area contributed by atoms with Crippen molar-refractivity contribution in [3.05, 3.63) is 51.5 Å². The fraction of sp³-hybridized carbons (Fsp3) is 0.263.